The van der Waals surface area contributed by atoms with Crippen LogP contribution in [0.5, 0.6) is 0 Å². The molecule has 1 heterocycles. The second-order valence-corrected chi connectivity index (χ2v) is 4.10. The Labute approximate surface area is 91.2 Å². The summed E-state index contributed by atoms with van der Waals surface area (Å²) >= 11 is 0. The largest absolute Gasteiger partial charge is 0.308 e. The highest BCUT2D eigenvalue weighted by Gasteiger charge is 2.35. The van der Waals surface area contributed by atoms with Crippen molar-refractivity contribution in [1.82, 2.24) is 5.32 Å². The minimum Gasteiger partial charge on any atom is -0.308 e. The number of halogens is 2. The summed E-state index contributed by atoms with van der Waals surface area (Å²) in [5, 5.41) is 2.47. The maximum atomic E-state index is 13.4. The molecule has 0 aromatic heterocycles. The highest BCUT2D eigenvalue weighted by Crippen LogP contribution is 2.19. The molecule has 0 saturated heterocycles. The standard InChI is InChI=1S/C11H10F2N2O/c1-11(2)10(16)14-9(15-11)7-4-3-6(12)5-8(7)13/h3-5H,1-2H3,(H,14,15,16). The van der Waals surface area contributed by atoms with Gasteiger partial charge in [-0.15, -0.1) is 0 Å². The molecule has 1 aromatic carbocycles. The van der Waals surface area contributed by atoms with Gasteiger partial charge in [-0.2, -0.15) is 0 Å². The molecule has 0 fully saturated rings. The van der Waals surface area contributed by atoms with Crippen LogP contribution in [0.3, 0.4) is 0 Å². The van der Waals surface area contributed by atoms with E-state index in [0.29, 0.717) is 0 Å². The fourth-order valence-electron chi connectivity index (χ4n) is 1.43. The van der Waals surface area contributed by atoms with Crippen LogP contribution in [0, 0.1) is 11.6 Å². The lowest BCUT2D eigenvalue weighted by Crippen LogP contribution is -2.34. The molecular formula is C11H10F2N2O. The fraction of sp³-hybridized carbons (Fsp3) is 0.273. The molecule has 0 atom stereocenters. The maximum absolute atomic E-state index is 13.4. The van der Waals surface area contributed by atoms with Crippen molar-refractivity contribution < 1.29 is 13.6 Å². The van der Waals surface area contributed by atoms with E-state index < -0.39 is 17.2 Å². The first-order chi connectivity index (χ1) is 7.40. The Morgan fingerprint density at radius 1 is 1.31 bits per heavy atom. The summed E-state index contributed by atoms with van der Waals surface area (Å²) < 4.78 is 26.1. The third-order valence-electron chi connectivity index (χ3n) is 2.37. The maximum Gasteiger partial charge on any atom is 0.252 e. The Morgan fingerprint density at radius 3 is 2.50 bits per heavy atom. The zero-order valence-corrected chi connectivity index (χ0v) is 8.84. The highest BCUT2D eigenvalue weighted by molar-refractivity contribution is 6.15. The molecule has 1 aliphatic heterocycles. The molecule has 1 aromatic rings. The highest BCUT2D eigenvalue weighted by atomic mass is 19.1. The topological polar surface area (TPSA) is 41.5 Å². The summed E-state index contributed by atoms with van der Waals surface area (Å²) in [6, 6.07) is 3.14. The van der Waals surface area contributed by atoms with E-state index in [9.17, 15) is 13.6 Å². The van der Waals surface area contributed by atoms with Gasteiger partial charge in [0, 0.05) is 6.07 Å². The number of amidine groups is 1. The molecule has 0 unspecified atom stereocenters. The summed E-state index contributed by atoms with van der Waals surface area (Å²) in [5.41, 5.74) is -0.809. The van der Waals surface area contributed by atoms with Crippen LogP contribution < -0.4 is 5.32 Å². The summed E-state index contributed by atoms with van der Waals surface area (Å²) in [5.74, 6) is -1.55. The van der Waals surface area contributed by atoms with Crippen LogP contribution in [0.25, 0.3) is 0 Å². The summed E-state index contributed by atoms with van der Waals surface area (Å²) in [7, 11) is 0. The summed E-state index contributed by atoms with van der Waals surface area (Å²) in [6.45, 7) is 3.24. The summed E-state index contributed by atoms with van der Waals surface area (Å²) in [6.07, 6.45) is 0. The van der Waals surface area contributed by atoms with E-state index in [4.69, 9.17) is 0 Å². The van der Waals surface area contributed by atoms with Crippen LogP contribution in [-0.4, -0.2) is 17.3 Å². The van der Waals surface area contributed by atoms with Gasteiger partial charge in [0.05, 0.1) is 5.56 Å². The number of carbonyl (C=O) groups is 1. The molecule has 16 heavy (non-hydrogen) atoms. The normalized spacial score (nSPS) is 18.2. The van der Waals surface area contributed by atoms with E-state index in [2.05, 4.69) is 10.3 Å². The van der Waals surface area contributed by atoms with Gasteiger partial charge in [0.25, 0.3) is 5.91 Å². The van der Waals surface area contributed by atoms with Crippen molar-refractivity contribution in [3.8, 4) is 0 Å². The van der Waals surface area contributed by atoms with E-state index >= 15 is 0 Å². The smallest absolute Gasteiger partial charge is 0.252 e. The SMILES string of the molecule is CC1(C)N=C(c2ccc(F)cc2F)NC1=O. The van der Waals surface area contributed by atoms with Crippen LogP contribution >= 0.6 is 0 Å². The molecule has 0 saturated carbocycles. The molecule has 84 valence electrons. The fourth-order valence-corrected chi connectivity index (χ4v) is 1.43. The van der Waals surface area contributed by atoms with Crippen molar-refractivity contribution >= 4 is 11.7 Å². The molecule has 5 heteroatoms. The van der Waals surface area contributed by atoms with Crippen molar-refractivity contribution in [2.45, 2.75) is 19.4 Å². The second kappa shape index (κ2) is 3.37. The minimum absolute atomic E-state index is 0.0975. The number of nitrogens with one attached hydrogen (secondary N) is 1. The van der Waals surface area contributed by atoms with Gasteiger partial charge >= 0.3 is 0 Å². The third kappa shape index (κ3) is 1.68. The zero-order chi connectivity index (χ0) is 11.9. The number of aliphatic imine (C=N–C) groups is 1. The number of benzene rings is 1. The number of rotatable bonds is 1. The predicted octanol–water partition coefficient (Wildman–Crippen LogP) is 1.62. The molecule has 0 radical (unpaired) electrons. The number of hydrogen-bond acceptors (Lipinski definition) is 2. The number of hydrogen-bond donors (Lipinski definition) is 1. The number of carbonyl (C=O) groups excluding carboxylic acids is 1. The van der Waals surface area contributed by atoms with E-state index in [1.165, 1.54) is 6.07 Å². The number of nitrogens with zero attached hydrogens (tertiary/aromatic N) is 1. The van der Waals surface area contributed by atoms with Crippen LogP contribution in [0.2, 0.25) is 0 Å². The Balaban J connectivity index is 2.44. The predicted molar refractivity (Wildman–Crippen MR) is 55.1 cm³/mol. The van der Waals surface area contributed by atoms with Gasteiger partial charge in [-0.1, -0.05) is 0 Å². The zero-order valence-electron chi connectivity index (χ0n) is 8.84. The third-order valence-corrected chi connectivity index (χ3v) is 2.37. The van der Waals surface area contributed by atoms with E-state index in [-0.39, 0.29) is 17.3 Å². The van der Waals surface area contributed by atoms with Gasteiger partial charge in [-0.3, -0.25) is 9.79 Å². The first kappa shape index (κ1) is 10.7. The number of amides is 1. The first-order valence-electron chi connectivity index (χ1n) is 4.77. The average Bonchev–Trinajstić information content (AvgIpc) is 2.40. The van der Waals surface area contributed by atoms with Crippen molar-refractivity contribution in [1.29, 1.82) is 0 Å². The average molecular weight is 224 g/mol. The van der Waals surface area contributed by atoms with E-state index in [0.717, 1.165) is 12.1 Å². The summed E-state index contributed by atoms with van der Waals surface area (Å²) in [4.78, 5) is 15.5. The minimum atomic E-state index is -0.907. The lowest BCUT2D eigenvalue weighted by molar-refractivity contribution is -0.122. The lowest BCUT2D eigenvalue weighted by Gasteiger charge is -2.07. The van der Waals surface area contributed by atoms with E-state index in [1.54, 1.807) is 13.8 Å². The molecular weight excluding hydrogens is 214 g/mol. The Morgan fingerprint density at radius 2 is 2.00 bits per heavy atom. The molecule has 0 spiro atoms. The van der Waals surface area contributed by atoms with Gasteiger partial charge in [0.1, 0.15) is 23.0 Å². The van der Waals surface area contributed by atoms with Crippen molar-refractivity contribution in [2.24, 2.45) is 4.99 Å². The van der Waals surface area contributed by atoms with Crippen LogP contribution in [0.4, 0.5) is 8.78 Å². The molecule has 1 amide bonds. The van der Waals surface area contributed by atoms with Crippen LogP contribution in [0.15, 0.2) is 23.2 Å². The quantitative estimate of drug-likeness (QED) is 0.773. The van der Waals surface area contributed by atoms with Gasteiger partial charge in [-0.05, 0) is 26.0 Å². The van der Waals surface area contributed by atoms with Gasteiger partial charge in [-0.25, -0.2) is 8.78 Å². The lowest BCUT2D eigenvalue weighted by atomic mass is 10.1. The monoisotopic (exact) mass is 224 g/mol. The van der Waals surface area contributed by atoms with Crippen molar-refractivity contribution in [3.05, 3.63) is 35.4 Å². The molecule has 1 N–H and O–H groups in total. The Hall–Kier alpha value is -1.78. The molecule has 2 rings (SSSR count). The van der Waals surface area contributed by atoms with Crippen LogP contribution in [0.1, 0.15) is 19.4 Å². The van der Waals surface area contributed by atoms with Gasteiger partial charge in [0.15, 0.2) is 0 Å². The Bertz CT molecular complexity index is 495. The van der Waals surface area contributed by atoms with E-state index in [1.807, 2.05) is 0 Å². The van der Waals surface area contributed by atoms with Crippen molar-refractivity contribution in [2.75, 3.05) is 0 Å². The van der Waals surface area contributed by atoms with Crippen LogP contribution in [-0.2, 0) is 4.79 Å². The van der Waals surface area contributed by atoms with Gasteiger partial charge in [0.2, 0.25) is 0 Å². The molecule has 0 aliphatic carbocycles. The molecule has 0 bridgehead atoms. The molecule has 3 nitrogen and oxygen atoms in total. The molecule has 1 aliphatic rings. The van der Waals surface area contributed by atoms with Crippen molar-refractivity contribution in [3.63, 3.8) is 0 Å². The van der Waals surface area contributed by atoms with Gasteiger partial charge < -0.3 is 5.32 Å². The Kier molecular flexibility index (Phi) is 2.26. The second-order valence-electron chi connectivity index (χ2n) is 4.10. The first-order valence-corrected chi connectivity index (χ1v) is 4.77.